The summed E-state index contributed by atoms with van der Waals surface area (Å²) < 4.78 is 13.5. The number of urea groups is 1. The molecule has 96 valence electrons. The standard InChI is InChI=1S/C13H15FN2O2/c1-16(2)13(18)15-9-11-8-10(4-3-7-17)5-6-12(11)14/h5-6,8,17H,7,9H2,1-2H3,(H,15,18). The van der Waals surface area contributed by atoms with Crippen LogP contribution in [0.25, 0.3) is 0 Å². The molecule has 0 aromatic heterocycles. The predicted octanol–water partition coefficient (Wildman–Crippen LogP) is 0.941. The molecule has 0 aliphatic rings. The molecule has 0 heterocycles. The van der Waals surface area contributed by atoms with E-state index in [4.69, 9.17) is 5.11 Å². The van der Waals surface area contributed by atoms with Crippen LogP contribution in [0.3, 0.4) is 0 Å². The minimum absolute atomic E-state index is 0.0947. The quantitative estimate of drug-likeness (QED) is 0.768. The Labute approximate surface area is 105 Å². The third kappa shape index (κ3) is 4.07. The number of carbonyl (C=O) groups excluding carboxylic acids is 1. The van der Waals surface area contributed by atoms with Gasteiger partial charge in [-0.1, -0.05) is 11.8 Å². The summed E-state index contributed by atoms with van der Waals surface area (Å²) in [4.78, 5) is 12.7. The first-order valence-corrected chi connectivity index (χ1v) is 5.38. The van der Waals surface area contributed by atoms with Gasteiger partial charge in [-0.15, -0.1) is 0 Å². The van der Waals surface area contributed by atoms with Gasteiger partial charge in [-0.25, -0.2) is 9.18 Å². The van der Waals surface area contributed by atoms with Gasteiger partial charge in [0.2, 0.25) is 0 Å². The molecule has 4 nitrogen and oxygen atoms in total. The molecule has 0 bridgehead atoms. The smallest absolute Gasteiger partial charge is 0.317 e. The molecule has 0 atom stereocenters. The maximum Gasteiger partial charge on any atom is 0.317 e. The van der Waals surface area contributed by atoms with Crippen LogP contribution in [0.2, 0.25) is 0 Å². The van der Waals surface area contributed by atoms with E-state index in [9.17, 15) is 9.18 Å². The van der Waals surface area contributed by atoms with Crippen LogP contribution < -0.4 is 5.32 Å². The van der Waals surface area contributed by atoms with Crippen molar-refractivity contribution in [1.29, 1.82) is 0 Å². The number of amides is 2. The minimum Gasteiger partial charge on any atom is -0.384 e. The van der Waals surface area contributed by atoms with Crippen molar-refractivity contribution in [2.24, 2.45) is 0 Å². The summed E-state index contributed by atoms with van der Waals surface area (Å²) in [6.45, 7) is -0.151. The Morgan fingerprint density at radius 3 is 2.83 bits per heavy atom. The molecule has 0 saturated heterocycles. The summed E-state index contributed by atoms with van der Waals surface area (Å²) in [7, 11) is 3.21. The number of hydrogen-bond donors (Lipinski definition) is 2. The number of aliphatic hydroxyl groups excluding tert-OH is 1. The number of aliphatic hydroxyl groups is 1. The van der Waals surface area contributed by atoms with Crippen LogP contribution >= 0.6 is 0 Å². The molecule has 0 aliphatic heterocycles. The molecular weight excluding hydrogens is 235 g/mol. The Kier molecular flexibility index (Phi) is 5.15. The molecule has 5 heteroatoms. The Bertz CT molecular complexity index is 489. The van der Waals surface area contributed by atoms with Crippen molar-refractivity contribution in [3.63, 3.8) is 0 Å². The lowest BCUT2D eigenvalue weighted by molar-refractivity contribution is 0.217. The third-order valence-electron chi connectivity index (χ3n) is 2.19. The average Bonchev–Trinajstić information content (AvgIpc) is 2.35. The molecule has 2 N–H and O–H groups in total. The fourth-order valence-corrected chi connectivity index (χ4v) is 1.26. The van der Waals surface area contributed by atoms with Crippen molar-refractivity contribution < 1.29 is 14.3 Å². The van der Waals surface area contributed by atoms with Crippen molar-refractivity contribution in [3.05, 3.63) is 35.1 Å². The first kappa shape index (κ1) is 14.0. The first-order chi connectivity index (χ1) is 8.54. The van der Waals surface area contributed by atoms with E-state index < -0.39 is 5.82 Å². The maximum absolute atomic E-state index is 13.5. The minimum atomic E-state index is -0.399. The summed E-state index contributed by atoms with van der Waals surface area (Å²) in [5, 5.41) is 11.2. The van der Waals surface area contributed by atoms with Crippen molar-refractivity contribution in [2.75, 3.05) is 20.7 Å². The number of rotatable bonds is 2. The number of carbonyl (C=O) groups is 1. The van der Waals surface area contributed by atoms with Gasteiger partial charge in [-0.2, -0.15) is 0 Å². The predicted molar refractivity (Wildman–Crippen MR) is 66.3 cm³/mol. The highest BCUT2D eigenvalue weighted by molar-refractivity contribution is 5.73. The molecule has 1 aromatic carbocycles. The van der Waals surface area contributed by atoms with Gasteiger partial charge in [0.1, 0.15) is 12.4 Å². The summed E-state index contributed by atoms with van der Waals surface area (Å²) in [5.41, 5.74) is 0.953. The molecule has 2 amide bonds. The lowest BCUT2D eigenvalue weighted by Gasteiger charge is -2.12. The Balaban J connectivity index is 2.78. The van der Waals surface area contributed by atoms with Crippen LogP contribution in [0.15, 0.2) is 18.2 Å². The van der Waals surface area contributed by atoms with E-state index >= 15 is 0 Å². The third-order valence-corrected chi connectivity index (χ3v) is 2.19. The van der Waals surface area contributed by atoms with E-state index in [1.807, 2.05) is 0 Å². The van der Waals surface area contributed by atoms with Gasteiger partial charge in [-0.05, 0) is 18.2 Å². The van der Waals surface area contributed by atoms with Crippen molar-refractivity contribution in [2.45, 2.75) is 6.54 Å². The monoisotopic (exact) mass is 250 g/mol. The summed E-state index contributed by atoms with van der Waals surface area (Å²) >= 11 is 0. The largest absolute Gasteiger partial charge is 0.384 e. The lowest BCUT2D eigenvalue weighted by Crippen LogP contribution is -2.34. The highest BCUT2D eigenvalue weighted by atomic mass is 19.1. The summed E-state index contributed by atoms with van der Waals surface area (Å²) in [6.07, 6.45) is 0. The Morgan fingerprint density at radius 1 is 1.50 bits per heavy atom. The van der Waals surface area contributed by atoms with Gasteiger partial charge >= 0.3 is 6.03 Å². The van der Waals surface area contributed by atoms with Crippen LogP contribution in [-0.2, 0) is 6.54 Å². The zero-order valence-electron chi connectivity index (χ0n) is 10.3. The zero-order valence-corrected chi connectivity index (χ0v) is 10.3. The van der Waals surface area contributed by atoms with E-state index in [0.29, 0.717) is 11.1 Å². The van der Waals surface area contributed by atoms with E-state index in [0.717, 1.165) is 0 Å². The Hall–Kier alpha value is -2.06. The molecule has 18 heavy (non-hydrogen) atoms. The number of halogens is 1. The van der Waals surface area contributed by atoms with Crippen molar-refractivity contribution in [3.8, 4) is 11.8 Å². The SMILES string of the molecule is CN(C)C(=O)NCc1cc(C#CCO)ccc1F. The normalized spacial score (nSPS) is 9.33. The topological polar surface area (TPSA) is 52.6 Å². The van der Waals surface area contributed by atoms with Crippen LogP contribution in [0.5, 0.6) is 0 Å². The molecule has 0 radical (unpaired) electrons. The van der Waals surface area contributed by atoms with Crippen LogP contribution in [0, 0.1) is 17.7 Å². The zero-order chi connectivity index (χ0) is 13.5. The summed E-state index contributed by atoms with van der Waals surface area (Å²) in [5.74, 6) is 4.76. The van der Waals surface area contributed by atoms with Crippen LogP contribution in [-0.4, -0.2) is 36.7 Å². The fraction of sp³-hybridized carbons (Fsp3) is 0.308. The fourth-order valence-electron chi connectivity index (χ4n) is 1.26. The molecular formula is C13H15FN2O2. The first-order valence-electron chi connectivity index (χ1n) is 5.38. The lowest BCUT2D eigenvalue weighted by atomic mass is 10.1. The van der Waals surface area contributed by atoms with Gasteiger partial charge in [-0.3, -0.25) is 0 Å². The summed E-state index contributed by atoms with van der Waals surface area (Å²) in [6, 6.07) is 4.07. The van der Waals surface area contributed by atoms with Gasteiger partial charge < -0.3 is 15.3 Å². The average molecular weight is 250 g/mol. The van der Waals surface area contributed by atoms with Gasteiger partial charge in [0.25, 0.3) is 0 Å². The molecule has 1 rings (SSSR count). The molecule has 0 fully saturated rings. The second-order valence-corrected chi connectivity index (χ2v) is 3.82. The van der Waals surface area contributed by atoms with Gasteiger partial charge in [0, 0.05) is 31.8 Å². The highest BCUT2D eigenvalue weighted by Crippen LogP contribution is 2.09. The second-order valence-electron chi connectivity index (χ2n) is 3.82. The molecule has 1 aromatic rings. The van der Waals surface area contributed by atoms with Crippen LogP contribution in [0.4, 0.5) is 9.18 Å². The molecule has 0 saturated carbocycles. The van der Waals surface area contributed by atoms with Gasteiger partial charge in [0.15, 0.2) is 0 Å². The van der Waals surface area contributed by atoms with E-state index in [1.54, 1.807) is 20.2 Å². The Morgan fingerprint density at radius 2 is 2.22 bits per heavy atom. The van der Waals surface area contributed by atoms with E-state index in [-0.39, 0.29) is 19.2 Å². The number of hydrogen-bond acceptors (Lipinski definition) is 2. The maximum atomic E-state index is 13.5. The molecule has 0 aliphatic carbocycles. The van der Waals surface area contributed by atoms with Crippen LogP contribution in [0.1, 0.15) is 11.1 Å². The van der Waals surface area contributed by atoms with E-state index in [1.165, 1.54) is 17.0 Å². The number of benzene rings is 1. The number of nitrogens with one attached hydrogen (secondary N) is 1. The van der Waals surface area contributed by atoms with Crippen molar-refractivity contribution >= 4 is 6.03 Å². The van der Waals surface area contributed by atoms with E-state index in [2.05, 4.69) is 17.2 Å². The molecule has 0 spiro atoms. The highest BCUT2D eigenvalue weighted by Gasteiger charge is 2.06. The van der Waals surface area contributed by atoms with Gasteiger partial charge in [0.05, 0.1) is 0 Å². The molecule has 0 unspecified atom stereocenters. The van der Waals surface area contributed by atoms with Crippen molar-refractivity contribution in [1.82, 2.24) is 10.2 Å². The second kappa shape index (κ2) is 6.62. The number of nitrogens with zero attached hydrogens (tertiary/aromatic N) is 1.